The van der Waals surface area contributed by atoms with E-state index in [-0.39, 0.29) is 0 Å². The van der Waals surface area contributed by atoms with Gasteiger partial charge in [0.2, 0.25) is 0 Å². The van der Waals surface area contributed by atoms with Crippen LogP contribution in [0, 0.1) is 0 Å². The molecule has 0 bridgehead atoms. The topological polar surface area (TPSA) is 12.9 Å². The van der Waals surface area contributed by atoms with E-state index in [0.29, 0.717) is 5.92 Å². The van der Waals surface area contributed by atoms with Gasteiger partial charge in [0.1, 0.15) is 0 Å². The summed E-state index contributed by atoms with van der Waals surface area (Å²) in [6.07, 6.45) is 2.29. The van der Waals surface area contributed by atoms with Crippen molar-refractivity contribution in [3.63, 3.8) is 0 Å². The van der Waals surface area contributed by atoms with Gasteiger partial charge in [0.25, 0.3) is 0 Å². The van der Waals surface area contributed by atoms with Crippen molar-refractivity contribution in [1.29, 1.82) is 0 Å². The molecular weight excluding hydrogens is 234 g/mol. The Labute approximate surface area is 86.3 Å². The van der Waals surface area contributed by atoms with Crippen molar-refractivity contribution >= 4 is 27.3 Å². The molecular formula is C9H14BrNS. The van der Waals surface area contributed by atoms with Gasteiger partial charge in [-0.1, -0.05) is 29.8 Å². The predicted octanol–water partition coefficient (Wildman–Crippen LogP) is 3.59. The normalized spacial score (nSPS) is 11.0. The Bertz CT molecular complexity index is 232. The van der Waals surface area contributed by atoms with Gasteiger partial charge in [-0.15, -0.1) is 11.3 Å². The van der Waals surface area contributed by atoms with E-state index in [4.69, 9.17) is 0 Å². The Hall–Kier alpha value is 0.110. The molecule has 0 saturated carbocycles. The third-order valence-corrected chi connectivity index (χ3v) is 3.38. The Morgan fingerprint density at radius 3 is 2.83 bits per heavy atom. The summed E-state index contributed by atoms with van der Waals surface area (Å²) in [5.74, 6) is 0.577. The van der Waals surface area contributed by atoms with Gasteiger partial charge in [0, 0.05) is 16.6 Å². The number of aromatic nitrogens is 1. The number of rotatable bonds is 4. The van der Waals surface area contributed by atoms with Crippen LogP contribution in [0.1, 0.15) is 36.9 Å². The monoisotopic (exact) mass is 247 g/mol. The lowest BCUT2D eigenvalue weighted by Gasteiger charge is -1.96. The van der Waals surface area contributed by atoms with Crippen LogP contribution in [0.3, 0.4) is 0 Å². The number of hydrogen-bond acceptors (Lipinski definition) is 2. The van der Waals surface area contributed by atoms with Crippen LogP contribution in [0.25, 0.3) is 0 Å². The predicted molar refractivity (Wildman–Crippen MR) is 58.3 cm³/mol. The highest BCUT2D eigenvalue weighted by atomic mass is 79.9. The van der Waals surface area contributed by atoms with E-state index < -0.39 is 0 Å². The second-order valence-corrected chi connectivity index (χ2v) is 4.81. The molecule has 0 N–H and O–H groups in total. The number of aryl methyl sites for hydroxylation is 1. The quantitative estimate of drug-likeness (QED) is 0.742. The van der Waals surface area contributed by atoms with Crippen molar-refractivity contribution in [3.05, 3.63) is 16.1 Å². The molecule has 1 aromatic heterocycles. The van der Waals surface area contributed by atoms with Crippen molar-refractivity contribution in [2.75, 3.05) is 5.33 Å². The molecule has 0 unspecified atom stereocenters. The Morgan fingerprint density at radius 2 is 2.33 bits per heavy atom. The molecule has 1 heterocycles. The number of thiazole rings is 1. The molecule has 0 atom stereocenters. The van der Waals surface area contributed by atoms with Crippen molar-refractivity contribution in [2.24, 2.45) is 0 Å². The largest absolute Gasteiger partial charge is 0.246 e. The number of halogens is 1. The molecule has 1 aromatic rings. The van der Waals surface area contributed by atoms with Crippen LogP contribution in [0.2, 0.25) is 0 Å². The third-order valence-electron chi connectivity index (χ3n) is 1.63. The fraction of sp³-hybridized carbons (Fsp3) is 0.667. The Balaban J connectivity index is 2.52. The first-order valence-electron chi connectivity index (χ1n) is 4.24. The lowest BCUT2D eigenvalue weighted by Crippen LogP contribution is -1.89. The van der Waals surface area contributed by atoms with Crippen LogP contribution in [0.4, 0.5) is 0 Å². The molecule has 0 aromatic carbocycles. The minimum absolute atomic E-state index is 0.577. The van der Waals surface area contributed by atoms with Crippen LogP contribution >= 0.6 is 27.3 Å². The molecule has 3 heteroatoms. The maximum absolute atomic E-state index is 4.54. The maximum Gasteiger partial charge on any atom is 0.0953 e. The van der Waals surface area contributed by atoms with E-state index in [1.807, 2.05) is 0 Å². The van der Waals surface area contributed by atoms with E-state index in [2.05, 4.69) is 40.1 Å². The first kappa shape index (κ1) is 10.2. The molecule has 0 aliphatic rings. The molecule has 68 valence electrons. The molecule has 0 spiro atoms. The molecule has 0 saturated heterocycles. The SMILES string of the molecule is CC(C)c1nc(CCCBr)cs1. The zero-order valence-electron chi connectivity index (χ0n) is 7.51. The fourth-order valence-electron chi connectivity index (χ4n) is 0.951. The van der Waals surface area contributed by atoms with Crippen molar-refractivity contribution < 1.29 is 0 Å². The third kappa shape index (κ3) is 2.87. The average molecular weight is 248 g/mol. The van der Waals surface area contributed by atoms with Crippen LogP contribution in [0.15, 0.2) is 5.38 Å². The summed E-state index contributed by atoms with van der Waals surface area (Å²) < 4.78 is 0. The number of nitrogens with zero attached hydrogens (tertiary/aromatic N) is 1. The van der Waals surface area contributed by atoms with E-state index in [0.717, 1.165) is 11.8 Å². The van der Waals surface area contributed by atoms with Gasteiger partial charge in [-0.05, 0) is 12.8 Å². The lowest BCUT2D eigenvalue weighted by molar-refractivity contribution is 0.826. The van der Waals surface area contributed by atoms with Gasteiger partial charge in [-0.2, -0.15) is 0 Å². The zero-order valence-corrected chi connectivity index (χ0v) is 9.91. The second-order valence-electron chi connectivity index (χ2n) is 3.12. The summed E-state index contributed by atoms with van der Waals surface area (Å²) in [5, 5.41) is 4.51. The summed E-state index contributed by atoms with van der Waals surface area (Å²) in [6, 6.07) is 0. The smallest absolute Gasteiger partial charge is 0.0953 e. The molecule has 0 radical (unpaired) electrons. The van der Waals surface area contributed by atoms with Gasteiger partial charge < -0.3 is 0 Å². The van der Waals surface area contributed by atoms with E-state index in [1.54, 1.807) is 11.3 Å². The summed E-state index contributed by atoms with van der Waals surface area (Å²) in [5.41, 5.74) is 1.25. The number of hydrogen-bond donors (Lipinski definition) is 0. The minimum Gasteiger partial charge on any atom is -0.246 e. The molecule has 0 fully saturated rings. The first-order chi connectivity index (χ1) is 5.74. The fourth-order valence-corrected chi connectivity index (χ4v) is 2.10. The van der Waals surface area contributed by atoms with Crippen molar-refractivity contribution in [3.8, 4) is 0 Å². The molecule has 0 amide bonds. The van der Waals surface area contributed by atoms with E-state index in [9.17, 15) is 0 Å². The standard InChI is InChI=1S/C9H14BrNS/c1-7(2)9-11-8(6-12-9)4-3-5-10/h6-7H,3-5H2,1-2H3. The Morgan fingerprint density at radius 1 is 1.58 bits per heavy atom. The van der Waals surface area contributed by atoms with Gasteiger partial charge in [0.05, 0.1) is 10.7 Å². The molecule has 0 aliphatic carbocycles. The molecule has 1 rings (SSSR count). The van der Waals surface area contributed by atoms with E-state index in [1.165, 1.54) is 17.1 Å². The zero-order chi connectivity index (χ0) is 8.97. The summed E-state index contributed by atoms with van der Waals surface area (Å²) in [4.78, 5) is 4.54. The van der Waals surface area contributed by atoms with Crippen molar-refractivity contribution in [2.45, 2.75) is 32.6 Å². The van der Waals surface area contributed by atoms with Crippen molar-refractivity contribution in [1.82, 2.24) is 4.98 Å². The summed E-state index contributed by atoms with van der Waals surface area (Å²) in [7, 11) is 0. The summed E-state index contributed by atoms with van der Waals surface area (Å²) >= 11 is 5.20. The van der Waals surface area contributed by atoms with Crippen LogP contribution in [-0.4, -0.2) is 10.3 Å². The van der Waals surface area contributed by atoms with Crippen LogP contribution in [0.5, 0.6) is 0 Å². The van der Waals surface area contributed by atoms with Crippen LogP contribution < -0.4 is 0 Å². The highest BCUT2D eigenvalue weighted by Gasteiger charge is 2.04. The number of alkyl halides is 1. The Kier molecular flexibility index (Phi) is 4.22. The maximum atomic E-state index is 4.54. The van der Waals surface area contributed by atoms with Gasteiger partial charge >= 0.3 is 0 Å². The summed E-state index contributed by atoms with van der Waals surface area (Å²) in [6.45, 7) is 4.38. The molecule has 12 heavy (non-hydrogen) atoms. The molecule has 0 aliphatic heterocycles. The average Bonchev–Trinajstić information content (AvgIpc) is 2.48. The molecule has 1 nitrogen and oxygen atoms in total. The second kappa shape index (κ2) is 4.97. The highest BCUT2D eigenvalue weighted by molar-refractivity contribution is 9.09. The highest BCUT2D eigenvalue weighted by Crippen LogP contribution is 2.19. The van der Waals surface area contributed by atoms with Gasteiger partial charge in [-0.25, -0.2) is 4.98 Å². The first-order valence-corrected chi connectivity index (χ1v) is 6.24. The van der Waals surface area contributed by atoms with Gasteiger partial charge in [0.15, 0.2) is 0 Å². The lowest BCUT2D eigenvalue weighted by atomic mass is 10.2. The minimum atomic E-state index is 0.577. The van der Waals surface area contributed by atoms with Crippen LogP contribution in [-0.2, 0) is 6.42 Å². The van der Waals surface area contributed by atoms with E-state index >= 15 is 0 Å². The van der Waals surface area contributed by atoms with Gasteiger partial charge in [-0.3, -0.25) is 0 Å².